The van der Waals surface area contributed by atoms with Crippen LogP contribution in [0.1, 0.15) is 11.1 Å². The average Bonchev–Trinajstić information content (AvgIpc) is 2.75. The molecule has 0 aliphatic carbocycles. The zero-order chi connectivity index (χ0) is 19.6. The van der Waals surface area contributed by atoms with Gasteiger partial charge in [-0.05, 0) is 23.3 Å². The summed E-state index contributed by atoms with van der Waals surface area (Å²) in [5.41, 5.74) is 2.06. The summed E-state index contributed by atoms with van der Waals surface area (Å²) in [6.07, 6.45) is -0.436. The molecule has 1 unspecified atom stereocenters. The molecule has 0 bridgehead atoms. The predicted molar refractivity (Wildman–Crippen MR) is 113 cm³/mol. The summed E-state index contributed by atoms with van der Waals surface area (Å²) in [6, 6.07) is 28.9. The Balaban J connectivity index is 1.71. The third kappa shape index (κ3) is 5.97. The van der Waals surface area contributed by atoms with Gasteiger partial charge in [0, 0.05) is 18.9 Å². The van der Waals surface area contributed by atoms with Gasteiger partial charge in [-0.1, -0.05) is 85.4 Å². The number of hydrogen-bond donors (Lipinski definition) is 0. The third-order valence-electron chi connectivity index (χ3n) is 3.95. The lowest BCUT2D eigenvalue weighted by molar-refractivity contribution is 0.148. The van der Waals surface area contributed by atoms with E-state index in [1.54, 1.807) is 4.90 Å². The molecule has 0 aliphatic heterocycles. The topological polar surface area (TPSA) is 38.8 Å². The van der Waals surface area contributed by atoms with Crippen molar-refractivity contribution in [3.05, 3.63) is 115 Å². The molecular formula is C23H22NO3P. The van der Waals surface area contributed by atoms with Crippen molar-refractivity contribution in [2.45, 2.75) is 13.1 Å². The second-order valence-corrected chi connectivity index (χ2v) is 7.36. The van der Waals surface area contributed by atoms with Gasteiger partial charge >= 0.3 is 14.5 Å². The largest absolute Gasteiger partial charge is 0.436 e. The number of hydrogen-bond acceptors (Lipinski definition) is 3. The molecule has 1 amide bonds. The van der Waals surface area contributed by atoms with Gasteiger partial charge in [-0.2, -0.15) is 0 Å². The molecule has 0 heterocycles. The van der Waals surface area contributed by atoms with Crippen LogP contribution in [0.25, 0.3) is 0 Å². The van der Waals surface area contributed by atoms with Crippen molar-refractivity contribution in [2.24, 2.45) is 0 Å². The molecule has 3 aromatic carbocycles. The molecule has 5 heteroatoms. The Morgan fingerprint density at radius 2 is 1.29 bits per heavy atom. The maximum Gasteiger partial charge on any atom is 0.415 e. The van der Waals surface area contributed by atoms with E-state index in [4.69, 9.17) is 9.05 Å². The van der Waals surface area contributed by atoms with Crippen LogP contribution in [-0.2, 0) is 17.6 Å². The first-order chi connectivity index (χ1) is 13.7. The Kier molecular flexibility index (Phi) is 7.22. The maximum atomic E-state index is 12.9. The first kappa shape index (κ1) is 19.7. The lowest BCUT2D eigenvalue weighted by Crippen LogP contribution is -2.30. The molecule has 0 saturated heterocycles. The van der Waals surface area contributed by atoms with E-state index < -0.39 is 14.5 Å². The number of nitrogens with zero attached hydrogens (tertiary/aromatic N) is 1. The fourth-order valence-corrected chi connectivity index (χ4v) is 3.39. The Hall–Kier alpha value is -3.10. The van der Waals surface area contributed by atoms with Crippen molar-refractivity contribution in [1.82, 2.24) is 4.90 Å². The van der Waals surface area contributed by atoms with E-state index in [1.807, 2.05) is 91.0 Å². The van der Waals surface area contributed by atoms with E-state index in [0.29, 0.717) is 18.8 Å². The third-order valence-corrected chi connectivity index (χ3v) is 4.97. The van der Waals surface area contributed by atoms with Crippen LogP contribution in [0.3, 0.4) is 0 Å². The molecule has 0 fully saturated rings. The summed E-state index contributed by atoms with van der Waals surface area (Å²) in [4.78, 5) is 14.6. The lowest BCUT2D eigenvalue weighted by atomic mass is 10.2. The van der Waals surface area contributed by atoms with Crippen LogP contribution in [0.15, 0.2) is 103 Å². The van der Waals surface area contributed by atoms with Gasteiger partial charge in [-0.3, -0.25) is 4.90 Å². The monoisotopic (exact) mass is 391 g/mol. The van der Waals surface area contributed by atoms with Crippen molar-refractivity contribution in [3.63, 3.8) is 0 Å². The fraction of sp³-hybridized carbons (Fsp3) is 0.0870. The SMILES string of the molecule is C=CP(OC(=O)N(Cc1ccccc1)Cc1ccccc1)Oc1ccccc1. The number of carbonyl (C=O) groups is 1. The van der Waals surface area contributed by atoms with Gasteiger partial charge in [0.05, 0.1) is 0 Å². The van der Waals surface area contributed by atoms with E-state index in [9.17, 15) is 4.79 Å². The highest BCUT2D eigenvalue weighted by Gasteiger charge is 2.21. The van der Waals surface area contributed by atoms with E-state index in [-0.39, 0.29) is 0 Å². The molecule has 0 radical (unpaired) electrons. The zero-order valence-corrected chi connectivity index (χ0v) is 16.4. The molecule has 3 rings (SSSR count). The summed E-state index contributed by atoms with van der Waals surface area (Å²) in [5, 5.41) is 0. The molecule has 0 aromatic heterocycles. The average molecular weight is 391 g/mol. The fourth-order valence-electron chi connectivity index (χ4n) is 2.61. The van der Waals surface area contributed by atoms with Crippen LogP contribution in [0, 0.1) is 0 Å². The lowest BCUT2D eigenvalue weighted by Gasteiger charge is -2.24. The van der Waals surface area contributed by atoms with Crippen molar-refractivity contribution in [2.75, 3.05) is 0 Å². The van der Waals surface area contributed by atoms with E-state index in [1.165, 1.54) is 5.82 Å². The number of amides is 1. The Morgan fingerprint density at radius 1 is 0.821 bits per heavy atom. The Bertz CT molecular complexity index is 831. The van der Waals surface area contributed by atoms with Crippen molar-refractivity contribution < 1.29 is 13.8 Å². The van der Waals surface area contributed by atoms with Crippen molar-refractivity contribution >= 4 is 14.5 Å². The van der Waals surface area contributed by atoms with Gasteiger partial charge < -0.3 is 9.05 Å². The van der Waals surface area contributed by atoms with Crippen molar-refractivity contribution in [1.29, 1.82) is 0 Å². The summed E-state index contributed by atoms with van der Waals surface area (Å²) in [7, 11) is -1.58. The van der Waals surface area contributed by atoms with Crippen molar-refractivity contribution in [3.8, 4) is 5.75 Å². The van der Waals surface area contributed by atoms with Crippen LogP contribution in [0.5, 0.6) is 5.75 Å². The second kappa shape index (κ2) is 10.3. The Labute approximate surface area is 167 Å². The quantitative estimate of drug-likeness (QED) is 0.419. The minimum atomic E-state index is -1.58. The van der Waals surface area contributed by atoms with Gasteiger partial charge in [0.15, 0.2) is 0 Å². The van der Waals surface area contributed by atoms with Gasteiger partial charge in [-0.25, -0.2) is 4.79 Å². The number of para-hydroxylation sites is 1. The van der Waals surface area contributed by atoms with Crippen LogP contribution in [-0.4, -0.2) is 11.0 Å². The highest BCUT2D eigenvalue weighted by atomic mass is 31.2. The van der Waals surface area contributed by atoms with Crippen LogP contribution >= 0.6 is 8.38 Å². The number of benzene rings is 3. The summed E-state index contributed by atoms with van der Waals surface area (Å²) in [6.45, 7) is 4.63. The van der Waals surface area contributed by atoms with Crippen LogP contribution in [0.2, 0.25) is 0 Å². The Morgan fingerprint density at radius 3 is 1.75 bits per heavy atom. The smallest absolute Gasteiger partial charge is 0.415 e. The zero-order valence-electron chi connectivity index (χ0n) is 15.5. The molecule has 1 atom stereocenters. The molecule has 0 spiro atoms. The first-order valence-corrected chi connectivity index (χ1v) is 10.2. The molecule has 142 valence electrons. The standard InChI is InChI=1S/C23H22NO3P/c1-2-28(26-22-16-10-5-11-17-22)27-23(25)24(18-20-12-6-3-7-13-20)19-21-14-8-4-9-15-21/h2-17H,1,18-19H2. The normalized spacial score (nSPS) is 11.3. The molecule has 0 aliphatic rings. The minimum absolute atomic E-state index is 0.436. The molecule has 0 N–H and O–H groups in total. The molecule has 4 nitrogen and oxygen atoms in total. The molecule has 3 aromatic rings. The van der Waals surface area contributed by atoms with Gasteiger partial charge in [0.25, 0.3) is 0 Å². The summed E-state index contributed by atoms with van der Waals surface area (Å²) >= 11 is 0. The van der Waals surface area contributed by atoms with Gasteiger partial charge in [-0.15, -0.1) is 0 Å². The summed E-state index contributed by atoms with van der Waals surface area (Å²) in [5.74, 6) is 2.17. The van der Waals surface area contributed by atoms with E-state index in [0.717, 1.165) is 11.1 Å². The van der Waals surface area contributed by atoms with E-state index in [2.05, 4.69) is 6.58 Å². The number of rotatable bonds is 8. The van der Waals surface area contributed by atoms with E-state index >= 15 is 0 Å². The van der Waals surface area contributed by atoms with Crippen LogP contribution in [0.4, 0.5) is 4.79 Å². The highest BCUT2D eigenvalue weighted by molar-refractivity contribution is 7.51. The minimum Gasteiger partial charge on any atom is -0.436 e. The first-order valence-electron chi connectivity index (χ1n) is 8.94. The van der Waals surface area contributed by atoms with Gasteiger partial charge in [0.1, 0.15) is 5.75 Å². The maximum absolute atomic E-state index is 12.9. The highest BCUT2D eigenvalue weighted by Crippen LogP contribution is 2.41. The van der Waals surface area contributed by atoms with Gasteiger partial charge in [0.2, 0.25) is 0 Å². The molecule has 0 saturated carbocycles. The molecular weight excluding hydrogens is 369 g/mol. The summed E-state index contributed by atoms with van der Waals surface area (Å²) < 4.78 is 11.4. The molecule has 28 heavy (non-hydrogen) atoms. The van der Waals surface area contributed by atoms with Crippen LogP contribution < -0.4 is 4.52 Å². The second-order valence-electron chi connectivity index (χ2n) is 6.06. The predicted octanol–water partition coefficient (Wildman–Crippen LogP) is 6.36. The number of carbonyl (C=O) groups excluding carboxylic acids is 1.